The quantitative estimate of drug-likeness (QED) is 0.837. The Morgan fingerprint density at radius 2 is 1.96 bits per heavy atom. The van der Waals surface area contributed by atoms with E-state index in [2.05, 4.69) is 5.53 Å². The summed E-state index contributed by atoms with van der Waals surface area (Å²) in [4.78, 5) is 15.8. The highest BCUT2D eigenvalue weighted by molar-refractivity contribution is 6.36. The lowest BCUT2D eigenvalue weighted by Gasteiger charge is -2.23. The van der Waals surface area contributed by atoms with Crippen molar-refractivity contribution in [2.75, 3.05) is 11.6 Å². The van der Waals surface area contributed by atoms with Crippen molar-refractivity contribution in [2.45, 2.75) is 0 Å². The molecule has 0 spiro atoms. The second-order valence-corrected chi connectivity index (χ2v) is 6.22. The molecule has 2 heterocycles. The molecule has 0 saturated heterocycles. The van der Waals surface area contributed by atoms with E-state index < -0.39 is 0 Å². The number of benzene rings is 2. The normalized spacial score (nSPS) is 16.1. The van der Waals surface area contributed by atoms with Crippen LogP contribution in [0.15, 0.2) is 59.4 Å². The first kappa shape index (κ1) is 15.2. The van der Waals surface area contributed by atoms with Crippen LogP contribution in [0.3, 0.4) is 0 Å². The molecule has 0 saturated carbocycles. The molecule has 0 aliphatic carbocycles. The van der Waals surface area contributed by atoms with Crippen LogP contribution in [-0.2, 0) is 4.79 Å². The number of aliphatic imine (C=N–C) groups is 1. The Morgan fingerprint density at radius 3 is 2.75 bits per heavy atom. The Balaban J connectivity index is 1.92. The van der Waals surface area contributed by atoms with Crippen LogP contribution in [0.4, 0.5) is 5.69 Å². The van der Waals surface area contributed by atoms with Crippen LogP contribution < -0.4 is 10.5 Å². The van der Waals surface area contributed by atoms with Crippen LogP contribution in [0.25, 0.3) is 0 Å². The Labute approximate surface area is 148 Å². The molecular weight excluding hydrogens is 347 g/mol. The largest absolute Gasteiger partial charge is 0.278 e. The molecule has 1 N–H and O–H groups in total. The fourth-order valence-corrected chi connectivity index (χ4v) is 3.22. The highest BCUT2D eigenvalue weighted by atomic mass is 35.5. The van der Waals surface area contributed by atoms with Crippen LogP contribution in [0, 0.1) is 0 Å². The van der Waals surface area contributed by atoms with E-state index in [4.69, 9.17) is 28.2 Å². The zero-order valence-electron chi connectivity index (χ0n) is 12.4. The van der Waals surface area contributed by atoms with Crippen LogP contribution >= 0.6 is 23.2 Å². The highest BCUT2D eigenvalue weighted by Gasteiger charge is 2.28. The number of hydrogen-bond donors (Lipinski definition) is 1. The first-order valence-corrected chi connectivity index (χ1v) is 8.03. The molecule has 4 rings (SSSR count). The molecule has 2 aliphatic heterocycles. The SMILES string of the molecule is O=CN1C=C2CN=C(c3ccccc3Cl)c3cc(Cl)ccc3N2N1. The lowest BCUT2D eigenvalue weighted by molar-refractivity contribution is -0.117. The summed E-state index contributed by atoms with van der Waals surface area (Å²) in [6.07, 6.45) is 2.42. The van der Waals surface area contributed by atoms with Crippen molar-refractivity contribution in [2.24, 2.45) is 4.99 Å². The fraction of sp³-hybridized carbons (Fsp3) is 0.0588. The molecule has 0 radical (unpaired) electrons. The predicted octanol–water partition coefficient (Wildman–Crippen LogP) is 3.38. The van der Waals surface area contributed by atoms with Crippen molar-refractivity contribution in [1.29, 1.82) is 0 Å². The second-order valence-electron chi connectivity index (χ2n) is 5.37. The van der Waals surface area contributed by atoms with Gasteiger partial charge in [0, 0.05) is 27.4 Å². The van der Waals surface area contributed by atoms with Crippen molar-refractivity contribution in [3.05, 3.63) is 75.5 Å². The maximum Gasteiger partial charge on any atom is 0.229 e. The standard InChI is InChI=1S/C17H12Cl2N4O/c18-11-5-6-16-14(7-11)17(13-3-1-2-4-15(13)19)20-8-12-9-22(10-24)21-23(12)16/h1-7,9-10,21H,8H2. The summed E-state index contributed by atoms with van der Waals surface area (Å²) in [6, 6.07) is 13.1. The number of hydrazine groups is 2. The Kier molecular flexibility index (Phi) is 3.76. The summed E-state index contributed by atoms with van der Waals surface area (Å²) < 4.78 is 0. The second kappa shape index (κ2) is 5.94. The monoisotopic (exact) mass is 358 g/mol. The molecule has 0 bridgehead atoms. The molecule has 2 aliphatic rings. The summed E-state index contributed by atoms with van der Waals surface area (Å²) in [5.41, 5.74) is 7.17. The van der Waals surface area contributed by atoms with Crippen LogP contribution in [0.2, 0.25) is 10.0 Å². The first-order valence-electron chi connectivity index (χ1n) is 7.27. The maximum atomic E-state index is 11.1. The number of halogens is 2. The molecule has 2 aromatic rings. The molecule has 120 valence electrons. The van der Waals surface area contributed by atoms with Gasteiger partial charge in [-0.25, -0.2) is 5.01 Å². The van der Waals surface area contributed by atoms with Gasteiger partial charge < -0.3 is 0 Å². The Hall–Kier alpha value is -2.34. The number of carbonyl (C=O) groups excluding carboxylic acids is 1. The third kappa shape index (κ3) is 2.47. The van der Waals surface area contributed by atoms with E-state index in [1.807, 2.05) is 41.4 Å². The number of fused-ring (bicyclic) bond motifs is 3. The molecule has 0 unspecified atom stereocenters. The summed E-state index contributed by atoms with van der Waals surface area (Å²) in [7, 11) is 0. The number of rotatable bonds is 2. The van der Waals surface area contributed by atoms with Gasteiger partial charge in [-0.3, -0.25) is 14.8 Å². The van der Waals surface area contributed by atoms with Crippen molar-refractivity contribution >= 4 is 41.0 Å². The van der Waals surface area contributed by atoms with Gasteiger partial charge in [-0.2, -0.15) is 0 Å². The molecule has 1 amide bonds. The van der Waals surface area contributed by atoms with Crippen LogP contribution in [-0.4, -0.2) is 23.7 Å². The number of anilines is 1. The van der Waals surface area contributed by atoms with Crippen molar-refractivity contribution in [3.8, 4) is 0 Å². The fourth-order valence-electron chi connectivity index (χ4n) is 2.82. The molecule has 7 heteroatoms. The highest BCUT2D eigenvalue weighted by Crippen LogP contribution is 2.34. The van der Waals surface area contributed by atoms with Gasteiger partial charge in [0.05, 0.1) is 23.6 Å². The van der Waals surface area contributed by atoms with Crippen molar-refractivity contribution in [3.63, 3.8) is 0 Å². The van der Waals surface area contributed by atoms with Gasteiger partial charge in [-0.1, -0.05) is 41.4 Å². The zero-order chi connectivity index (χ0) is 16.7. The minimum atomic E-state index is 0.407. The molecule has 0 aromatic heterocycles. The molecular formula is C17H12Cl2N4O. The topological polar surface area (TPSA) is 47.9 Å². The minimum absolute atomic E-state index is 0.407. The smallest absolute Gasteiger partial charge is 0.229 e. The number of carbonyl (C=O) groups is 1. The van der Waals surface area contributed by atoms with E-state index in [0.29, 0.717) is 23.0 Å². The van der Waals surface area contributed by atoms with Gasteiger partial charge in [0.2, 0.25) is 6.41 Å². The van der Waals surface area contributed by atoms with Gasteiger partial charge in [0.1, 0.15) is 0 Å². The molecule has 2 aromatic carbocycles. The minimum Gasteiger partial charge on any atom is -0.278 e. The average molecular weight is 359 g/mol. The van der Waals surface area contributed by atoms with Crippen molar-refractivity contribution < 1.29 is 4.79 Å². The summed E-state index contributed by atoms with van der Waals surface area (Å²) in [5, 5.41) is 4.41. The zero-order valence-corrected chi connectivity index (χ0v) is 13.9. The molecule has 0 atom stereocenters. The molecule has 0 fully saturated rings. The van der Waals surface area contributed by atoms with Gasteiger partial charge in [0.25, 0.3) is 0 Å². The number of hydrogen-bond acceptors (Lipinski definition) is 4. The lowest BCUT2D eigenvalue weighted by atomic mass is 10.0. The number of nitrogens with zero attached hydrogens (tertiary/aromatic N) is 3. The molecule has 5 nitrogen and oxygen atoms in total. The number of nitrogens with one attached hydrogen (secondary N) is 1. The van der Waals surface area contributed by atoms with Gasteiger partial charge in [0.15, 0.2) is 0 Å². The van der Waals surface area contributed by atoms with Crippen LogP contribution in [0.5, 0.6) is 0 Å². The Morgan fingerprint density at radius 1 is 1.12 bits per heavy atom. The molecule has 24 heavy (non-hydrogen) atoms. The van der Waals surface area contributed by atoms with E-state index in [9.17, 15) is 4.79 Å². The third-order valence-electron chi connectivity index (χ3n) is 3.89. The first-order chi connectivity index (χ1) is 11.7. The van der Waals surface area contributed by atoms with Crippen molar-refractivity contribution in [1.82, 2.24) is 10.5 Å². The van der Waals surface area contributed by atoms with Gasteiger partial charge >= 0.3 is 0 Å². The maximum absolute atomic E-state index is 11.1. The summed E-state index contributed by atoms with van der Waals surface area (Å²) in [5.74, 6) is 0. The van der Waals surface area contributed by atoms with Gasteiger partial charge in [-0.15, -0.1) is 5.53 Å². The number of amides is 1. The van der Waals surface area contributed by atoms with E-state index in [0.717, 1.165) is 28.2 Å². The van der Waals surface area contributed by atoms with E-state index in [1.54, 1.807) is 12.3 Å². The van der Waals surface area contributed by atoms with Crippen LogP contribution in [0.1, 0.15) is 11.1 Å². The average Bonchev–Trinajstić information content (AvgIpc) is 2.94. The lowest BCUT2D eigenvalue weighted by Crippen LogP contribution is -2.40. The summed E-state index contributed by atoms with van der Waals surface area (Å²) in [6.45, 7) is 0.407. The summed E-state index contributed by atoms with van der Waals surface area (Å²) >= 11 is 12.6. The third-order valence-corrected chi connectivity index (χ3v) is 4.45. The van der Waals surface area contributed by atoms with E-state index >= 15 is 0 Å². The van der Waals surface area contributed by atoms with E-state index in [-0.39, 0.29) is 0 Å². The van der Waals surface area contributed by atoms with E-state index in [1.165, 1.54) is 5.01 Å². The van der Waals surface area contributed by atoms with Gasteiger partial charge in [-0.05, 0) is 24.3 Å². The predicted molar refractivity (Wildman–Crippen MR) is 95.0 cm³/mol. The Bertz CT molecular complexity index is 894.